The number of carboxylic acids is 1. The minimum atomic E-state index is -5.19. The van der Waals surface area contributed by atoms with Crippen LogP contribution in [-0.2, 0) is 78.2 Å². The molecular weight excluding hydrogens is 1110 g/mol. The standard InChI is InChI=1S/C55H67F3N10O7S.C2HF3O2/c1-7-76-47-25-39(54(31-75-32-54)26-45-64-59-33-65(45)6)24-44(62-47)67-27-42-41(53(67)74)22-38(23-43(42)55(56,57)58)30-68(21-11-12-35(4)28-68)29-37-14-16-40(17-15-37)61-51(72)36(5)60-52(73)50(34(2)3)63-46(69)13-9-8-10-20-66-48(70)18-19-49(66)71;3-2(4,5)1(6)7/h14-19,22-25,33-36,50H,7-13,20-21,26-32H2,1-6H3,(H2-,60,61,63,69,72,73);(H,6,7)/t35-,36?,50?,68?;/m0./s1. The highest BCUT2D eigenvalue weighted by Gasteiger charge is 2.45. The molecule has 0 spiro atoms. The number of likely N-dealkylation sites (tertiary alicyclic amines) is 1. The van der Waals surface area contributed by atoms with Crippen molar-refractivity contribution in [2.24, 2.45) is 18.9 Å². The Morgan fingerprint density at radius 3 is 2.16 bits per heavy atom. The average Bonchev–Trinajstić information content (AvgIpc) is 2.34. The summed E-state index contributed by atoms with van der Waals surface area (Å²) in [6.07, 6.45) is -1.66. The molecule has 2 aromatic carbocycles. The van der Waals surface area contributed by atoms with Crippen LogP contribution in [0.4, 0.5) is 37.8 Å². The lowest BCUT2D eigenvalue weighted by atomic mass is 9.76. The third-order valence-electron chi connectivity index (χ3n) is 15.2. The molecule has 0 radical (unpaired) electrons. The second-order valence-electron chi connectivity index (χ2n) is 22.1. The summed E-state index contributed by atoms with van der Waals surface area (Å²) in [4.78, 5) is 93.8. The number of anilines is 2. The zero-order chi connectivity index (χ0) is 60.6. The number of alkyl halides is 6. The second kappa shape index (κ2) is 26.6. The Balaban J connectivity index is 0.00000133. The number of pyridine rings is 1. The predicted molar refractivity (Wildman–Crippen MR) is 290 cm³/mol. The lowest BCUT2D eigenvalue weighted by molar-refractivity contribution is -0.960. The van der Waals surface area contributed by atoms with Gasteiger partial charge in [0, 0.05) is 72.3 Å². The van der Waals surface area contributed by atoms with Crippen molar-refractivity contribution in [3.05, 3.63) is 106 Å². The van der Waals surface area contributed by atoms with E-state index in [-0.39, 0.29) is 66.6 Å². The molecule has 6 amide bonds. The van der Waals surface area contributed by atoms with Crippen molar-refractivity contribution in [3.8, 4) is 0 Å². The number of benzene rings is 2. The number of carbonyl (C=O) groups excluding carboxylic acids is 7. The topological polar surface area (TPSA) is 238 Å². The van der Waals surface area contributed by atoms with Crippen molar-refractivity contribution in [1.29, 1.82) is 0 Å². The van der Waals surface area contributed by atoms with E-state index in [1.165, 1.54) is 34.9 Å². The highest BCUT2D eigenvalue weighted by molar-refractivity contribution is 7.99. The summed E-state index contributed by atoms with van der Waals surface area (Å²) < 4.78 is 85.2. The molecule has 4 aliphatic rings. The van der Waals surface area contributed by atoms with Gasteiger partial charge in [0.25, 0.3) is 17.7 Å². The van der Waals surface area contributed by atoms with Crippen LogP contribution in [0.3, 0.4) is 0 Å². The monoisotopic (exact) mass is 1180 g/mol. The van der Waals surface area contributed by atoms with Gasteiger partial charge in [0.1, 0.15) is 49.1 Å². The van der Waals surface area contributed by atoms with E-state index in [1.54, 1.807) is 45.3 Å². The minimum Gasteiger partial charge on any atom is -0.542 e. The lowest BCUT2D eigenvalue weighted by Gasteiger charge is -2.44. The first kappa shape index (κ1) is 63.4. The van der Waals surface area contributed by atoms with E-state index in [9.17, 15) is 41.9 Å². The predicted octanol–water partition coefficient (Wildman–Crippen LogP) is 6.33. The number of rotatable bonds is 22. The van der Waals surface area contributed by atoms with Gasteiger partial charge in [0.2, 0.25) is 17.7 Å². The maximum absolute atomic E-state index is 15.2. The minimum absolute atomic E-state index is 0.0235. The molecule has 4 aromatic rings. The van der Waals surface area contributed by atoms with Crippen molar-refractivity contribution in [2.45, 2.75) is 134 Å². The summed E-state index contributed by atoms with van der Waals surface area (Å²) >= 11 is 1.49. The van der Waals surface area contributed by atoms with Crippen LogP contribution < -0.4 is 26.0 Å². The van der Waals surface area contributed by atoms with Crippen LogP contribution in [0.2, 0.25) is 0 Å². The van der Waals surface area contributed by atoms with Crippen molar-refractivity contribution in [2.75, 3.05) is 48.8 Å². The van der Waals surface area contributed by atoms with Crippen LogP contribution in [0.15, 0.2) is 72.0 Å². The number of hydrogen-bond donors (Lipinski definition) is 3. The smallest absolute Gasteiger partial charge is 0.430 e. The third-order valence-corrected chi connectivity index (χ3v) is 15.9. The molecule has 4 aliphatic heterocycles. The average molecular weight is 1180 g/mol. The van der Waals surface area contributed by atoms with E-state index in [4.69, 9.17) is 19.6 Å². The molecule has 448 valence electrons. The summed E-state index contributed by atoms with van der Waals surface area (Å²) in [6.45, 7) is 12.3. The first-order valence-electron chi connectivity index (χ1n) is 27.4. The maximum atomic E-state index is 15.2. The van der Waals surface area contributed by atoms with E-state index in [0.717, 1.165) is 34.7 Å². The van der Waals surface area contributed by atoms with Gasteiger partial charge in [-0.2, -0.15) is 26.3 Å². The number of carboxylic acid groups (broad SMARTS) is 1. The molecule has 3 N–H and O–H groups in total. The number of amides is 6. The quantitative estimate of drug-likeness (QED) is 0.0257. The van der Waals surface area contributed by atoms with Gasteiger partial charge < -0.3 is 39.6 Å². The van der Waals surface area contributed by atoms with Crippen LogP contribution in [0.25, 0.3) is 0 Å². The zero-order valence-corrected chi connectivity index (χ0v) is 47.8. The number of nitrogens with zero attached hydrogens (tertiary/aromatic N) is 7. The number of nitrogens with one attached hydrogen (secondary N) is 3. The summed E-state index contributed by atoms with van der Waals surface area (Å²) in [5.74, 6) is -3.79. The number of ether oxygens (including phenoxy) is 1. The molecule has 83 heavy (non-hydrogen) atoms. The van der Waals surface area contributed by atoms with E-state index >= 15 is 13.2 Å². The lowest BCUT2D eigenvalue weighted by Crippen LogP contribution is -2.53. The van der Waals surface area contributed by atoms with Gasteiger partial charge in [-0.3, -0.25) is 38.6 Å². The molecule has 3 unspecified atom stereocenters. The van der Waals surface area contributed by atoms with Crippen LogP contribution in [0.5, 0.6) is 0 Å². The number of thioether (sulfide) groups is 1. The zero-order valence-electron chi connectivity index (χ0n) is 47.0. The fourth-order valence-corrected chi connectivity index (χ4v) is 11.5. The van der Waals surface area contributed by atoms with Crippen molar-refractivity contribution in [1.82, 2.24) is 35.3 Å². The molecule has 2 fully saturated rings. The number of aliphatic carboxylic acids is 1. The Morgan fingerprint density at radius 2 is 1.58 bits per heavy atom. The Hall–Kier alpha value is -7.19. The fraction of sp³-hybridized carbons (Fsp3) is 0.509. The molecule has 2 aromatic heterocycles. The van der Waals surface area contributed by atoms with Crippen LogP contribution >= 0.6 is 11.8 Å². The van der Waals surface area contributed by atoms with Gasteiger partial charge in [-0.15, -0.1) is 22.0 Å². The molecule has 4 atom stereocenters. The summed E-state index contributed by atoms with van der Waals surface area (Å²) in [5, 5.41) is 26.1. The number of hydrogen-bond acceptors (Lipinski definition) is 13. The molecular formula is C57H68F6N10O9S. The third kappa shape index (κ3) is 15.9. The Morgan fingerprint density at radius 1 is 0.904 bits per heavy atom. The van der Waals surface area contributed by atoms with E-state index in [1.807, 2.05) is 42.8 Å². The highest BCUT2D eigenvalue weighted by Crippen LogP contribution is 2.43. The summed E-state index contributed by atoms with van der Waals surface area (Å²) in [6, 6.07) is 12.1. The molecule has 0 aliphatic carbocycles. The molecule has 26 heteroatoms. The Kier molecular flexibility index (Phi) is 20.3. The first-order valence-corrected chi connectivity index (χ1v) is 28.4. The second-order valence-corrected chi connectivity index (χ2v) is 23.4. The normalized spacial score (nSPS) is 19.2. The number of fused-ring (bicyclic) bond motifs is 1. The number of carbonyl (C=O) groups is 7. The van der Waals surface area contributed by atoms with Gasteiger partial charge in [-0.05, 0) is 91.8 Å². The molecule has 19 nitrogen and oxygen atoms in total. The molecule has 6 heterocycles. The highest BCUT2D eigenvalue weighted by atomic mass is 32.2. The Bertz CT molecular complexity index is 3080. The van der Waals surface area contributed by atoms with E-state index < -0.39 is 59.1 Å². The van der Waals surface area contributed by atoms with Gasteiger partial charge in [0.15, 0.2) is 0 Å². The van der Waals surface area contributed by atoms with E-state index in [0.29, 0.717) is 91.0 Å². The SMILES string of the molecule is CCSc1cc(C2(Cc3nncn3C)COC2)cc(N2Cc3c(cc(C[N+]4(Cc5ccc(NC(=O)C(C)NC(=O)C(NC(=O)CCCCCN6C(=O)C=CC6=O)C(C)C)cc5)CCC[C@H](C)C4)cc3C(F)(F)F)C2=O)n1.O=C([O-])C(F)(F)F. The van der Waals surface area contributed by atoms with Gasteiger partial charge in [0.05, 0.1) is 43.4 Å². The molecule has 0 saturated carbocycles. The maximum Gasteiger partial charge on any atom is 0.430 e. The van der Waals surface area contributed by atoms with Crippen molar-refractivity contribution in [3.63, 3.8) is 0 Å². The van der Waals surface area contributed by atoms with Crippen LogP contribution in [0, 0.1) is 11.8 Å². The van der Waals surface area contributed by atoms with Gasteiger partial charge >= 0.3 is 12.4 Å². The van der Waals surface area contributed by atoms with Crippen molar-refractivity contribution >= 4 is 64.7 Å². The van der Waals surface area contributed by atoms with Crippen LogP contribution in [-0.4, -0.2) is 127 Å². The number of unbranched alkanes of at least 4 members (excludes halogenated alkanes) is 2. The van der Waals surface area contributed by atoms with E-state index in [2.05, 4.69) is 33.1 Å². The number of piperidine rings is 1. The first-order chi connectivity index (χ1) is 39.1. The number of halogens is 6. The fourth-order valence-electron chi connectivity index (χ4n) is 10.9. The van der Waals surface area contributed by atoms with Crippen molar-refractivity contribution < 1.29 is 74.2 Å². The Labute approximate surface area is 480 Å². The number of aryl methyl sites for hydroxylation is 1. The van der Waals surface area contributed by atoms with Crippen LogP contribution in [0.1, 0.15) is 117 Å². The summed E-state index contributed by atoms with van der Waals surface area (Å²) in [7, 11) is 1.87. The largest absolute Gasteiger partial charge is 0.542 e. The number of aromatic nitrogens is 4. The number of imide groups is 1. The molecule has 8 rings (SSSR count). The molecule has 2 saturated heterocycles. The summed E-state index contributed by atoms with van der Waals surface area (Å²) in [5.41, 5.74) is 1.34. The van der Waals surface area contributed by atoms with Gasteiger partial charge in [-0.25, -0.2) is 4.98 Å². The molecule has 0 bridgehead atoms. The van der Waals surface area contributed by atoms with Gasteiger partial charge in [-0.1, -0.05) is 46.2 Å². The number of quaternary nitrogens is 1.